The van der Waals surface area contributed by atoms with Crippen LogP contribution in [0.1, 0.15) is 63.6 Å². The Morgan fingerprint density at radius 3 is 2.51 bits per heavy atom. The molecule has 2 unspecified atom stereocenters. The Kier molecular flexibility index (Phi) is 8.23. The molecule has 2 atom stereocenters. The second-order valence-corrected chi connectivity index (χ2v) is 10.7. The SMILES string of the molecule is CCCC(C)(CO)Cn1c(=O)ccc2cnc(NC(C)c3ccc(CN4CCC(F)(F)CC4)cc3)nc21. The molecule has 2 N–H and O–H groups in total. The van der Waals surface area contributed by atoms with Crippen molar-refractivity contribution in [3.05, 3.63) is 64.1 Å². The predicted molar refractivity (Wildman–Crippen MR) is 142 cm³/mol. The lowest BCUT2D eigenvalue weighted by Crippen LogP contribution is -2.38. The normalized spacial score (nSPS) is 18.4. The summed E-state index contributed by atoms with van der Waals surface area (Å²) in [6.07, 6.45) is 3.24. The quantitative estimate of drug-likeness (QED) is 0.397. The molecule has 0 aliphatic carbocycles. The van der Waals surface area contributed by atoms with Gasteiger partial charge in [-0.25, -0.2) is 13.8 Å². The molecule has 0 spiro atoms. The van der Waals surface area contributed by atoms with E-state index in [0.29, 0.717) is 37.8 Å². The van der Waals surface area contributed by atoms with Gasteiger partial charge in [0, 0.05) is 62.1 Å². The zero-order valence-electron chi connectivity index (χ0n) is 21.9. The third-order valence-corrected chi connectivity index (χ3v) is 7.32. The highest BCUT2D eigenvalue weighted by Gasteiger charge is 2.33. The Labute approximate surface area is 216 Å². The number of alkyl halides is 2. The number of pyridine rings is 1. The molecule has 3 heterocycles. The van der Waals surface area contributed by atoms with Crippen LogP contribution in [0.25, 0.3) is 11.0 Å². The van der Waals surface area contributed by atoms with Crippen LogP contribution in [0, 0.1) is 5.41 Å². The van der Waals surface area contributed by atoms with Gasteiger partial charge in [-0.2, -0.15) is 4.98 Å². The summed E-state index contributed by atoms with van der Waals surface area (Å²) in [4.78, 5) is 23.9. The van der Waals surface area contributed by atoms with Crippen molar-refractivity contribution in [1.29, 1.82) is 0 Å². The molecule has 0 radical (unpaired) electrons. The van der Waals surface area contributed by atoms with E-state index >= 15 is 0 Å². The van der Waals surface area contributed by atoms with Crippen molar-refractivity contribution in [3.63, 3.8) is 0 Å². The number of fused-ring (bicyclic) bond motifs is 1. The Morgan fingerprint density at radius 1 is 1.16 bits per heavy atom. The number of aromatic nitrogens is 3. The minimum absolute atomic E-state index is 0.0167. The number of aliphatic hydroxyl groups is 1. The van der Waals surface area contributed by atoms with E-state index in [9.17, 15) is 18.7 Å². The van der Waals surface area contributed by atoms with E-state index in [1.165, 1.54) is 6.07 Å². The maximum atomic E-state index is 13.4. The van der Waals surface area contributed by atoms with Crippen molar-refractivity contribution >= 4 is 17.0 Å². The van der Waals surface area contributed by atoms with Crippen LogP contribution < -0.4 is 10.9 Å². The molecule has 9 heteroatoms. The fraction of sp³-hybridized carbons (Fsp3) is 0.536. The van der Waals surface area contributed by atoms with Crippen molar-refractivity contribution in [2.45, 2.75) is 71.5 Å². The molecule has 0 amide bonds. The van der Waals surface area contributed by atoms with Crippen LogP contribution in [0.3, 0.4) is 0 Å². The van der Waals surface area contributed by atoms with Crippen LogP contribution in [-0.4, -0.2) is 50.2 Å². The van der Waals surface area contributed by atoms with Crippen LogP contribution in [0.2, 0.25) is 0 Å². The Morgan fingerprint density at radius 2 is 1.86 bits per heavy atom. The number of hydrogen-bond acceptors (Lipinski definition) is 6. The largest absolute Gasteiger partial charge is 0.396 e. The number of anilines is 1. The Balaban J connectivity index is 1.47. The Bertz CT molecular complexity index is 1250. The monoisotopic (exact) mass is 513 g/mol. The fourth-order valence-electron chi connectivity index (χ4n) is 4.97. The lowest BCUT2D eigenvalue weighted by molar-refractivity contribution is -0.0566. The summed E-state index contributed by atoms with van der Waals surface area (Å²) in [5.41, 5.74) is 2.09. The third-order valence-electron chi connectivity index (χ3n) is 7.32. The molecule has 0 bridgehead atoms. The summed E-state index contributed by atoms with van der Waals surface area (Å²) in [6.45, 7) is 7.89. The maximum absolute atomic E-state index is 13.4. The highest BCUT2D eigenvalue weighted by molar-refractivity contribution is 5.75. The predicted octanol–water partition coefficient (Wildman–Crippen LogP) is 4.99. The van der Waals surface area contributed by atoms with Crippen LogP contribution in [-0.2, 0) is 13.1 Å². The number of rotatable bonds is 10. The minimum atomic E-state index is -2.53. The lowest BCUT2D eigenvalue weighted by atomic mass is 9.86. The first-order valence-corrected chi connectivity index (χ1v) is 13.0. The average Bonchev–Trinajstić information content (AvgIpc) is 2.88. The van der Waals surface area contributed by atoms with Crippen LogP contribution in [0.15, 0.2) is 47.4 Å². The van der Waals surface area contributed by atoms with Gasteiger partial charge in [-0.15, -0.1) is 0 Å². The highest BCUT2D eigenvalue weighted by atomic mass is 19.3. The second-order valence-electron chi connectivity index (χ2n) is 10.7. The molecule has 1 saturated heterocycles. The summed E-state index contributed by atoms with van der Waals surface area (Å²) in [5, 5.41) is 14.1. The van der Waals surface area contributed by atoms with Crippen LogP contribution in [0.4, 0.5) is 14.7 Å². The first-order chi connectivity index (χ1) is 17.6. The topological polar surface area (TPSA) is 83.3 Å². The molecule has 3 aromatic rings. The molecule has 0 saturated carbocycles. The number of halogens is 2. The van der Waals surface area contributed by atoms with Gasteiger partial charge >= 0.3 is 0 Å². The van der Waals surface area contributed by atoms with Gasteiger partial charge in [-0.05, 0) is 30.5 Å². The van der Waals surface area contributed by atoms with Crippen molar-refractivity contribution in [2.75, 3.05) is 25.0 Å². The number of likely N-dealkylation sites (tertiary alicyclic amines) is 1. The van der Waals surface area contributed by atoms with Crippen LogP contribution in [0.5, 0.6) is 0 Å². The van der Waals surface area contributed by atoms with Crippen LogP contribution >= 0.6 is 0 Å². The number of nitrogens with one attached hydrogen (secondary N) is 1. The first kappa shape index (κ1) is 27.1. The molecule has 1 fully saturated rings. The minimum Gasteiger partial charge on any atom is -0.396 e. The standard InChI is InChI=1S/C28H37F2N5O2/c1-4-11-27(3,19-36)18-35-24(37)10-9-23-16-31-26(33-25(23)35)32-20(2)22-7-5-21(6-8-22)17-34-14-12-28(29,30)13-15-34/h5-10,16,20,36H,4,11-15,17-19H2,1-3H3,(H,31,32,33). The average molecular weight is 514 g/mol. The van der Waals surface area contributed by atoms with E-state index in [-0.39, 0.29) is 31.0 Å². The molecule has 2 aromatic heterocycles. The summed E-state index contributed by atoms with van der Waals surface area (Å²) in [5.74, 6) is -2.12. The van der Waals surface area contributed by atoms with Gasteiger partial charge in [0.15, 0.2) is 0 Å². The van der Waals surface area contributed by atoms with E-state index in [0.717, 1.165) is 29.4 Å². The van der Waals surface area contributed by atoms with E-state index in [1.54, 1.807) is 16.8 Å². The number of hydrogen-bond donors (Lipinski definition) is 2. The van der Waals surface area contributed by atoms with Crippen molar-refractivity contribution < 1.29 is 13.9 Å². The molecule has 37 heavy (non-hydrogen) atoms. The fourth-order valence-corrected chi connectivity index (χ4v) is 4.97. The molecule has 1 aliphatic heterocycles. The first-order valence-electron chi connectivity index (χ1n) is 13.0. The molecule has 200 valence electrons. The van der Waals surface area contributed by atoms with E-state index in [1.807, 2.05) is 38.1 Å². The van der Waals surface area contributed by atoms with E-state index < -0.39 is 11.3 Å². The summed E-state index contributed by atoms with van der Waals surface area (Å²) in [7, 11) is 0. The number of benzene rings is 1. The molecule has 1 aromatic carbocycles. The molecule has 4 rings (SSSR count). The lowest BCUT2D eigenvalue weighted by Gasteiger charge is -2.31. The van der Waals surface area contributed by atoms with Gasteiger partial charge in [-0.1, -0.05) is 44.5 Å². The van der Waals surface area contributed by atoms with Gasteiger partial charge in [0.2, 0.25) is 5.95 Å². The molecule has 7 nitrogen and oxygen atoms in total. The van der Waals surface area contributed by atoms with Gasteiger partial charge in [0.25, 0.3) is 11.5 Å². The highest BCUT2D eigenvalue weighted by Crippen LogP contribution is 2.29. The Hall–Kier alpha value is -2.91. The van der Waals surface area contributed by atoms with Crippen molar-refractivity contribution in [3.8, 4) is 0 Å². The number of piperidine rings is 1. The number of nitrogens with zero attached hydrogens (tertiary/aromatic N) is 4. The van der Waals surface area contributed by atoms with Gasteiger partial charge in [0.1, 0.15) is 5.65 Å². The molecular formula is C28H37F2N5O2. The zero-order valence-corrected chi connectivity index (χ0v) is 21.9. The van der Waals surface area contributed by atoms with E-state index in [2.05, 4.69) is 27.1 Å². The van der Waals surface area contributed by atoms with Gasteiger partial charge in [0.05, 0.1) is 12.6 Å². The van der Waals surface area contributed by atoms with Crippen molar-refractivity contribution in [2.24, 2.45) is 5.41 Å². The van der Waals surface area contributed by atoms with Gasteiger partial charge < -0.3 is 10.4 Å². The van der Waals surface area contributed by atoms with Gasteiger partial charge in [-0.3, -0.25) is 14.3 Å². The number of aliphatic hydroxyl groups excluding tert-OH is 1. The summed E-state index contributed by atoms with van der Waals surface area (Å²) in [6, 6.07) is 11.3. The maximum Gasteiger partial charge on any atom is 0.252 e. The second kappa shape index (κ2) is 11.2. The molecule has 1 aliphatic rings. The summed E-state index contributed by atoms with van der Waals surface area (Å²) < 4.78 is 28.5. The zero-order chi connectivity index (χ0) is 26.6. The summed E-state index contributed by atoms with van der Waals surface area (Å²) >= 11 is 0. The third kappa shape index (κ3) is 6.70. The smallest absolute Gasteiger partial charge is 0.252 e. The van der Waals surface area contributed by atoms with Crippen molar-refractivity contribution in [1.82, 2.24) is 19.4 Å². The molecular weight excluding hydrogens is 476 g/mol. The van der Waals surface area contributed by atoms with E-state index in [4.69, 9.17) is 0 Å².